The molecule has 120 valence electrons. The monoisotopic (exact) mass is 370 g/mol. The Balaban J connectivity index is 2.70. The van der Waals surface area contributed by atoms with Crippen LogP contribution in [-0.4, -0.2) is 25.2 Å². The lowest BCUT2D eigenvalue weighted by Gasteiger charge is -2.31. The molecule has 1 heterocycles. The Morgan fingerprint density at radius 2 is 2.13 bits per heavy atom. The fraction of sp³-hybridized carbons (Fsp3) is 0.267. The molecule has 0 saturated carbocycles. The van der Waals surface area contributed by atoms with Crippen LogP contribution in [-0.2, 0) is 14.3 Å². The summed E-state index contributed by atoms with van der Waals surface area (Å²) in [5, 5.41) is 13.2. The van der Waals surface area contributed by atoms with E-state index in [2.05, 4.69) is 11.4 Å². The van der Waals surface area contributed by atoms with Crippen molar-refractivity contribution in [1.82, 2.24) is 5.32 Å². The summed E-state index contributed by atoms with van der Waals surface area (Å²) in [4.78, 5) is 24.5. The van der Waals surface area contributed by atoms with Crippen LogP contribution >= 0.6 is 35.0 Å². The van der Waals surface area contributed by atoms with Crippen LogP contribution in [0, 0.1) is 17.2 Å². The average molecular weight is 371 g/mol. The van der Waals surface area contributed by atoms with Gasteiger partial charge in [-0.15, -0.1) is 11.8 Å². The van der Waals surface area contributed by atoms with Gasteiger partial charge in [-0.05, 0) is 24.0 Å². The van der Waals surface area contributed by atoms with Crippen LogP contribution in [0.2, 0.25) is 10.0 Å². The van der Waals surface area contributed by atoms with Crippen LogP contribution < -0.4 is 5.32 Å². The number of rotatable bonds is 3. The van der Waals surface area contributed by atoms with E-state index in [4.69, 9.17) is 27.9 Å². The molecule has 0 radical (unpaired) electrons. The normalized spacial score (nSPS) is 20.7. The number of thioether (sulfide) groups is 1. The molecule has 2 atom stereocenters. The van der Waals surface area contributed by atoms with Crippen molar-refractivity contribution in [3.8, 4) is 6.07 Å². The van der Waals surface area contributed by atoms with Crippen molar-refractivity contribution in [1.29, 1.82) is 5.26 Å². The van der Waals surface area contributed by atoms with Gasteiger partial charge in [-0.25, -0.2) is 0 Å². The first-order valence-electron chi connectivity index (χ1n) is 6.46. The zero-order valence-corrected chi connectivity index (χ0v) is 14.6. The minimum atomic E-state index is -1.19. The molecule has 0 saturated heterocycles. The van der Waals surface area contributed by atoms with E-state index in [0.717, 1.165) is 0 Å². The van der Waals surface area contributed by atoms with E-state index >= 15 is 0 Å². The molecule has 0 bridgehead atoms. The predicted octanol–water partition coefficient (Wildman–Crippen LogP) is 3.09. The van der Waals surface area contributed by atoms with Gasteiger partial charge in [-0.2, -0.15) is 5.26 Å². The number of nitriles is 1. The first kappa shape index (κ1) is 17.7. The molecule has 0 aliphatic carbocycles. The number of methoxy groups -OCH3 is 1. The van der Waals surface area contributed by atoms with Crippen molar-refractivity contribution in [2.45, 2.75) is 5.92 Å². The zero-order valence-electron chi connectivity index (χ0n) is 12.2. The third-order valence-electron chi connectivity index (χ3n) is 3.49. The first-order chi connectivity index (χ1) is 10.9. The quantitative estimate of drug-likeness (QED) is 0.653. The van der Waals surface area contributed by atoms with Crippen LogP contribution in [0.25, 0.3) is 0 Å². The van der Waals surface area contributed by atoms with Gasteiger partial charge in [0, 0.05) is 16.0 Å². The molecule has 1 aliphatic rings. The fourth-order valence-electron chi connectivity index (χ4n) is 2.46. The van der Waals surface area contributed by atoms with Gasteiger partial charge in [-0.1, -0.05) is 29.3 Å². The van der Waals surface area contributed by atoms with Gasteiger partial charge in [0.15, 0.2) is 0 Å². The minimum Gasteiger partial charge on any atom is -0.468 e. The van der Waals surface area contributed by atoms with Gasteiger partial charge >= 0.3 is 5.97 Å². The second-order valence-corrected chi connectivity index (χ2v) is 6.35. The van der Waals surface area contributed by atoms with Gasteiger partial charge in [0.25, 0.3) is 0 Å². The summed E-state index contributed by atoms with van der Waals surface area (Å²) in [6.45, 7) is 0. The molecule has 0 fully saturated rings. The van der Waals surface area contributed by atoms with Crippen molar-refractivity contribution in [3.63, 3.8) is 0 Å². The molecule has 23 heavy (non-hydrogen) atoms. The van der Waals surface area contributed by atoms with Crippen molar-refractivity contribution < 1.29 is 14.3 Å². The number of allylic oxidation sites excluding steroid dienone is 1. The van der Waals surface area contributed by atoms with Crippen LogP contribution in [0.5, 0.6) is 0 Å². The molecular weight excluding hydrogens is 359 g/mol. The van der Waals surface area contributed by atoms with Gasteiger partial charge in [0.05, 0.1) is 23.8 Å². The van der Waals surface area contributed by atoms with E-state index in [9.17, 15) is 14.9 Å². The van der Waals surface area contributed by atoms with Crippen molar-refractivity contribution in [2.24, 2.45) is 5.92 Å². The maximum Gasteiger partial charge on any atom is 0.319 e. The number of nitrogens with zero attached hydrogens (tertiary/aromatic N) is 1. The second kappa shape index (κ2) is 7.26. The standard InChI is InChI=1S/C15H12Cl2N2O3S/c1-22-15(21)12-11(8-4-3-7(16)5-10(8)17)9(6-18)14(23-2)19-13(12)20/h3-5,11-12H,1-2H3,(H,19,20). The number of benzene rings is 1. The average Bonchev–Trinajstić information content (AvgIpc) is 2.53. The topological polar surface area (TPSA) is 79.2 Å². The number of carbonyl (C=O) groups excluding carboxylic acids is 2. The summed E-state index contributed by atoms with van der Waals surface area (Å²) in [7, 11) is 1.19. The number of carbonyl (C=O) groups is 2. The summed E-state index contributed by atoms with van der Waals surface area (Å²) in [5.74, 6) is -3.28. The van der Waals surface area contributed by atoms with E-state index in [1.54, 1.807) is 18.4 Å². The number of hydrogen-bond acceptors (Lipinski definition) is 5. The van der Waals surface area contributed by atoms with E-state index in [1.165, 1.54) is 24.9 Å². The number of esters is 1. The van der Waals surface area contributed by atoms with E-state index < -0.39 is 23.7 Å². The minimum absolute atomic E-state index is 0.261. The molecule has 2 unspecified atom stereocenters. The Labute approximate surface area is 147 Å². The first-order valence-corrected chi connectivity index (χ1v) is 8.44. The number of nitrogens with one attached hydrogen (secondary N) is 1. The number of hydrogen-bond donors (Lipinski definition) is 1. The molecule has 1 aliphatic heterocycles. The van der Waals surface area contributed by atoms with Crippen LogP contribution in [0.1, 0.15) is 11.5 Å². The summed E-state index contributed by atoms with van der Waals surface area (Å²) < 4.78 is 4.73. The lowest BCUT2D eigenvalue weighted by molar-refractivity contribution is -0.150. The smallest absolute Gasteiger partial charge is 0.319 e. The molecule has 5 nitrogen and oxygen atoms in total. The maximum atomic E-state index is 12.3. The lowest BCUT2D eigenvalue weighted by atomic mass is 9.78. The Hall–Kier alpha value is -1.68. The Morgan fingerprint density at radius 1 is 1.43 bits per heavy atom. The summed E-state index contributed by atoms with van der Waals surface area (Å²) in [6.07, 6.45) is 1.73. The number of amides is 1. The molecule has 1 aromatic rings. The zero-order chi connectivity index (χ0) is 17.1. The molecular formula is C15H12Cl2N2O3S. The molecule has 1 aromatic carbocycles. The van der Waals surface area contributed by atoms with Crippen molar-refractivity contribution >= 4 is 46.8 Å². The predicted molar refractivity (Wildman–Crippen MR) is 89.0 cm³/mol. The number of ether oxygens (including phenoxy) is 1. The second-order valence-electron chi connectivity index (χ2n) is 4.69. The molecule has 8 heteroatoms. The third kappa shape index (κ3) is 3.32. The highest BCUT2D eigenvalue weighted by molar-refractivity contribution is 8.02. The van der Waals surface area contributed by atoms with Crippen molar-refractivity contribution in [2.75, 3.05) is 13.4 Å². The lowest BCUT2D eigenvalue weighted by Crippen LogP contribution is -2.44. The van der Waals surface area contributed by atoms with E-state index in [0.29, 0.717) is 15.6 Å². The number of halogens is 2. The summed E-state index contributed by atoms with van der Waals surface area (Å²) >= 11 is 13.3. The Kier molecular flexibility index (Phi) is 5.58. The maximum absolute atomic E-state index is 12.3. The van der Waals surface area contributed by atoms with Gasteiger partial charge in [0.2, 0.25) is 5.91 Å². The summed E-state index contributed by atoms with van der Waals surface area (Å²) in [6, 6.07) is 6.78. The fourth-order valence-corrected chi connectivity index (χ4v) is 3.58. The third-order valence-corrected chi connectivity index (χ3v) is 4.78. The van der Waals surface area contributed by atoms with Gasteiger partial charge in [0.1, 0.15) is 5.92 Å². The van der Waals surface area contributed by atoms with Crippen molar-refractivity contribution in [3.05, 3.63) is 44.4 Å². The van der Waals surface area contributed by atoms with E-state index in [-0.39, 0.29) is 10.6 Å². The summed E-state index contributed by atoms with van der Waals surface area (Å²) in [5.41, 5.74) is 0.737. The molecule has 1 amide bonds. The Bertz CT molecular complexity index is 743. The largest absolute Gasteiger partial charge is 0.468 e. The van der Waals surface area contributed by atoms with Gasteiger partial charge in [-0.3, -0.25) is 9.59 Å². The molecule has 0 spiro atoms. The van der Waals surface area contributed by atoms with Crippen LogP contribution in [0.4, 0.5) is 0 Å². The Morgan fingerprint density at radius 3 is 2.65 bits per heavy atom. The van der Waals surface area contributed by atoms with Crippen LogP contribution in [0.15, 0.2) is 28.8 Å². The van der Waals surface area contributed by atoms with E-state index in [1.807, 2.05) is 0 Å². The molecule has 2 rings (SSSR count). The van der Waals surface area contributed by atoms with Gasteiger partial charge < -0.3 is 10.1 Å². The SMILES string of the molecule is COC(=O)C1C(=O)NC(SC)=C(C#N)C1c1ccc(Cl)cc1Cl. The highest BCUT2D eigenvalue weighted by Gasteiger charge is 2.44. The molecule has 0 aromatic heterocycles. The molecule has 1 N–H and O–H groups in total. The van der Waals surface area contributed by atoms with Crippen LogP contribution in [0.3, 0.4) is 0 Å². The highest BCUT2D eigenvalue weighted by Crippen LogP contribution is 2.42. The highest BCUT2D eigenvalue weighted by atomic mass is 35.5.